The molecule has 0 bridgehead atoms. The zero-order chi connectivity index (χ0) is 18.7. The number of aryl methyl sites for hydroxylation is 1. The Bertz CT molecular complexity index is 876. The van der Waals surface area contributed by atoms with Crippen LogP contribution in [0.15, 0.2) is 41.6 Å². The molecule has 1 fully saturated rings. The second-order valence-electron chi connectivity index (χ2n) is 5.96. The number of morpholine rings is 1. The van der Waals surface area contributed by atoms with E-state index in [2.05, 4.69) is 10.4 Å². The molecular weight excluding hydrogens is 356 g/mol. The van der Waals surface area contributed by atoms with Gasteiger partial charge in [0.2, 0.25) is 10.0 Å². The Balaban J connectivity index is 1.79. The molecule has 0 saturated carbocycles. The summed E-state index contributed by atoms with van der Waals surface area (Å²) < 4.78 is 34.8. The Hall–Kier alpha value is -2.23. The molecule has 1 aliphatic rings. The molecule has 1 aromatic carbocycles. The van der Waals surface area contributed by atoms with E-state index in [0.717, 1.165) is 12.1 Å². The third kappa shape index (κ3) is 3.64. The highest BCUT2D eigenvalue weighted by Gasteiger charge is 2.32. The van der Waals surface area contributed by atoms with Gasteiger partial charge >= 0.3 is 0 Å². The number of nitrogens with one attached hydrogen (secondary N) is 1. The number of nitrogens with zero attached hydrogens (tertiary/aromatic N) is 3. The molecule has 2 heterocycles. The number of carbonyl (C=O) groups is 1. The Morgan fingerprint density at radius 2 is 2.08 bits per heavy atom. The lowest BCUT2D eigenvalue weighted by Gasteiger charge is -2.31. The Morgan fingerprint density at radius 3 is 2.69 bits per heavy atom. The normalized spacial score (nSPS) is 18.6. The van der Waals surface area contributed by atoms with Crippen LogP contribution in [0.1, 0.15) is 28.9 Å². The molecule has 1 aromatic heterocycles. The van der Waals surface area contributed by atoms with Crippen LogP contribution < -0.4 is 5.32 Å². The number of rotatable bonds is 5. The first-order chi connectivity index (χ1) is 12.5. The van der Waals surface area contributed by atoms with Gasteiger partial charge in [-0.1, -0.05) is 0 Å². The summed E-state index contributed by atoms with van der Waals surface area (Å²) in [5.74, 6) is -0.256. The van der Waals surface area contributed by atoms with Crippen molar-refractivity contribution < 1.29 is 17.9 Å². The topological polar surface area (TPSA) is 93.5 Å². The minimum absolute atomic E-state index is 0.162. The SMILES string of the molecule is CCn1cc([C@H]2CN(S(=O)(=O)c3ccc(C(=O)NC)cc3)CCO2)cn1. The van der Waals surface area contributed by atoms with Crippen LogP contribution in [-0.2, 0) is 21.3 Å². The molecule has 140 valence electrons. The third-order valence-corrected chi connectivity index (χ3v) is 6.24. The molecule has 26 heavy (non-hydrogen) atoms. The van der Waals surface area contributed by atoms with Crippen LogP contribution in [0.4, 0.5) is 0 Å². The minimum atomic E-state index is -3.66. The number of hydrogen-bond donors (Lipinski definition) is 1. The molecule has 0 spiro atoms. The number of benzene rings is 1. The smallest absolute Gasteiger partial charge is 0.251 e. The quantitative estimate of drug-likeness (QED) is 0.839. The zero-order valence-electron chi connectivity index (χ0n) is 14.8. The van der Waals surface area contributed by atoms with E-state index in [1.54, 1.807) is 10.9 Å². The van der Waals surface area contributed by atoms with Crippen molar-refractivity contribution in [2.75, 3.05) is 26.7 Å². The predicted molar refractivity (Wildman–Crippen MR) is 95.2 cm³/mol. The van der Waals surface area contributed by atoms with Gasteiger partial charge in [0.05, 0.1) is 23.8 Å². The Kier molecular flexibility index (Phi) is 5.40. The van der Waals surface area contributed by atoms with Gasteiger partial charge < -0.3 is 10.1 Å². The highest BCUT2D eigenvalue weighted by molar-refractivity contribution is 7.89. The van der Waals surface area contributed by atoms with Crippen molar-refractivity contribution in [2.45, 2.75) is 24.5 Å². The van der Waals surface area contributed by atoms with Crippen molar-refractivity contribution in [1.82, 2.24) is 19.4 Å². The van der Waals surface area contributed by atoms with Crippen LogP contribution >= 0.6 is 0 Å². The molecule has 8 nitrogen and oxygen atoms in total. The maximum atomic E-state index is 12.9. The van der Waals surface area contributed by atoms with Gasteiger partial charge in [-0.15, -0.1) is 0 Å². The number of sulfonamides is 1. The number of hydrogen-bond acceptors (Lipinski definition) is 5. The molecule has 1 amide bonds. The lowest BCUT2D eigenvalue weighted by molar-refractivity contribution is -0.00260. The predicted octanol–water partition coefficient (Wildman–Crippen LogP) is 1.02. The van der Waals surface area contributed by atoms with E-state index in [1.807, 2.05) is 13.1 Å². The van der Waals surface area contributed by atoms with Gasteiger partial charge in [0.1, 0.15) is 0 Å². The van der Waals surface area contributed by atoms with Crippen molar-refractivity contribution in [3.05, 3.63) is 47.8 Å². The van der Waals surface area contributed by atoms with Gasteiger partial charge in [0.15, 0.2) is 0 Å². The van der Waals surface area contributed by atoms with Crippen molar-refractivity contribution in [3.8, 4) is 0 Å². The number of carbonyl (C=O) groups excluding carboxylic acids is 1. The molecule has 1 N–H and O–H groups in total. The van der Waals surface area contributed by atoms with Crippen LogP contribution in [-0.4, -0.2) is 55.2 Å². The molecule has 3 rings (SSSR count). The fourth-order valence-electron chi connectivity index (χ4n) is 2.84. The first-order valence-corrected chi connectivity index (χ1v) is 9.86. The van der Waals surface area contributed by atoms with E-state index in [-0.39, 0.29) is 30.0 Å². The lowest BCUT2D eigenvalue weighted by atomic mass is 10.2. The van der Waals surface area contributed by atoms with E-state index < -0.39 is 10.0 Å². The van der Waals surface area contributed by atoms with Crippen LogP contribution in [0, 0.1) is 0 Å². The summed E-state index contributed by atoms with van der Waals surface area (Å²) in [4.78, 5) is 11.8. The third-order valence-electron chi connectivity index (χ3n) is 4.36. The zero-order valence-corrected chi connectivity index (χ0v) is 15.6. The van der Waals surface area contributed by atoms with Gasteiger partial charge in [0.25, 0.3) is 5.91 Å². The fraction of sp³-hybridized carbons (Fsp3) is 0.412. The van der Waals surface area contributed by atoms with E-state index in [9.17, 15) is 13.2 Å². The van der Waals surface area contributed by atoms with Crippen LogP contribution in [0.5, 0.6) is 0 Å². The second kappa shape index (κ2) is 7.56. The van der Waals surface area contributed by atoms with Gasteiger partial charge in [0, 0.05) is 44.0 Å². The summed E-state index contributed by atoms with van der Waals surface area (Å²) in [6, 6.07) is 5.93. The van der Waals surface area contributed by atoms with E-state index in [4.69, 9.17) is 4.74 Å². The number of amides is 1. The molecule has 9 heteroatoms. The molecule has 1 aliphatic heterocycles. The fourth-order valence-corrected chi connectivity index (χ4v) is 4.26. The highest BCUT2D eigenvalue weighted by atomic mass is 32.2. The molecule has 1 atom stereocenters. The van der Waals surface area contributed by atoms with Crippen LogP contribution in [0.25, 0.3) is 0 Å². The van der Waals surface area contributed by atoms with E-state index in [1.165, 1.54) is 35.6 Å². The maximum absolute atomic E-state index is 12.9. The molecule has 0 radical (unpaired) electrons. The first kappa shape index (κ1) is 18.6. The highest BCUT2D eigenvalue weighted by Crippen LogP contribution is 2.26. The lowest BCUT2D eigenvalue weighted by Crippen LogP contribution is -2.42. The summed E-state index contributed by atoms with van der Waals surface area (Å²) in [6.07, 6.45) is 3.24. The van der Waals surface area contributed by atoms with Gasteiger partial charge in [-0.2, -0.15) is 9.40 Å². The van der Waals surface area contributed by atoms with Gasteiger partial charge in [-0.05, 0) is 31.2 Å². The summed E-state index contributed by atoms with van der Waals surface area (Å²) in [5.41, 5.74) is 1.28. The van der Waals surface area contributed by atoms with Crippen molar-refractivity contribution in [2.24, 2.45) is 0 Å². The van der Waals surface area contributed by atoms with Crippen molar-refractivity contribution >= 4 is 15.9 Å². The first-order valence-electron chi connectivity index (χ1n) is 8.42. The molecule has 0 unspecified atom stereocenters. The van der Waals surface area contributed by atoms with Crippen LogP contribution in [0.3, 0.4) is 0 Å². The molecule has 1 saturated heterocycles. The second-order valence-corrected chi connectivity index (χ2v) is 7.89. The molecule has 0 aliphatic carbocycles. The summed E-state index contributed by atoms with van der Waals surface area (Å²) in [5, 5.41) is 6.73. The van der Waals surface area contributed by atoms with E-state index >= 15 is 0 Å². The monoisotopic (exact) mass is 378 g/mol. The average Bonchev–Trinajstić information content (AvgIpc) is 3.17. The Labute approximate surface area is 152 Å². The van der Waals surface area contributed by atoms with Gasteiger partial charge in [-0.3, -0.25) is 9.48 Å². The standard InChI is InChI=1S/C17H22N4O4S/c1-3-20-11-14(10-19-20)16-12-21(8-9-25-16)26(23,24)15-6-4-13(5-7-15)17(22)18-2/h4-7,10-11,16H,3,8-9,12H2,1-2H3,(H,18,22)/t16-/m1/s1. The maximum Gasteiger partial charge on any atom is 0.251 e. The number of ether oxygens (including phenoxy) is 1. The van der Waals surface area contributed by atoms with Crippen molar-refractivity contribution in [3.63, 3.8) is 0 Å². The minimum Gasteiger partial charge on any atom is -0.371 e. The summed E-state index contributed by atoms with van der Waals surface area (Å²) >= 11 is 0. The van der Waals surface area contributed by atoms with Crippen LogP contribution in [0.2, 0.25) is 0 Å². The Morgan fingerprint density at radius 1 is 1.35 bits per heavy atom. The summed E-state index contributed by atoms with van der Waals surface area (Å²) in [6.45, 7) is 3.56. The average molecular weight is 378 g/mol. The largest absolute Gasteiger partial charge is 0.371 e. The van der Waals surface area contributed by atoms with Crippen molar-refractivity contribution in [1.29, 1.82) is 0 Å². The number of aromatic nitrogens is 2. The van der Waals surface area contributed by atoms with E-state index in [0.29, 0.717) is 12.2 Å². The molecular formula is C17H22N4O4S. The molecule has 2 aromatic rings. The van der Waals surface area contributed by atoms with Gasteiger partial charge in [-0.25, -0.2) is 8.42 Å². The summed E-state index contributed by atoms with van der Waals surface area (Å²) in [7, 11) is -2.13.